The highest BCUT2D eigenvalue weighted by molar-refractivity contribution is 5.93. The Bertz CT molecular complexity index is 872. The lowest BCUT2D eigenvalue weighted by Crippen LogP contribution is -2.39. The van der Waals surface area contributed by atoms with Crippen LogP contribution < -0.4 is 10.6 Å². The summed E-state index contributed by atoms with van der Waals surface area (Å²) in [5, 5.41) is 9.49. The summed E-state index contributed by atoms with van der Waals surface area (Å²) in [6.07, 6.45) is 0.813. The van der Waals surface area contributed by atoms with E-state index in [4.69, 9.17) is 4.74 Å². The zero-order valence-corrected chi connectivity index (χ0v) is 17.4. The molecular weight excluding hydrogens is 372 g/mol. The Balaban J connectivity index is 1.92. The molecule has 0 spiro atoms. The van der Waals surface area contributed by atoms with Gasteiger partial charge in [0, 0.05) is 6.54 Å². The highest BCUT2D eigenvalue weighted by Crippen LogP contribution is 2.16. The third kappa shape index (κ3) is 6.44. The van der Waals surface area contributed by atoms with Crippen LogP contribution in [0.2, 0.25) is 0 Å². The predicted octanol–water partition coefficient (Wildman–Crippen LogP) is 1.66. The number of carbonyl (C=O) groups is 3. The van der Waals surface area contributed by atoms with Crippen LogP contribution in [0.5, 0.6) is 0 Å². The van der Waals surface area contributed by atoms with Crippen LogP contribution in [0.25, 0.3) is 0 Å². The molecule has 0 saturated carbocycles. The molecule has 156 valence electrons. The minimum absolute atomic E-state index is 0.150. The molecule has 0 saturated heterocycles. The molecule has 1 aromatic heterocycles. The van der Waals surface area contributed by atoms with E-state index in [0.29, 0.717) is 30.0 Å². The maximum absolute atomic E-state index is 12.4. The van der Waals surface area contributed by atoms with Crippen LogP contribution in [0.3, 0.4) is 0 Å². The van der Waals surface area contributed by atoms with E-state index in [1.54, 1.807) is 18.5 Å². The first-order chi connectivity index (χ1) is 13.8. The molecule has 1 heterocycles. The Morgan fingerprint density at radius 3 is 2.38 bits per heavy atom. The van der Waals surface area contributed by atoms with Gasteiger partial charge in [0.25, 0.3) is 5.91 Å². The van der Waals surface area contributed by atoms with Gasteiger partial charge >= 0.3 is 5.97 Å². The molecule has 0 aliphatic carbocycles. The van der Waals surface area contributed by atoms with Crippen LogP contribution in [-0.4, -0.2) is 47.3 Å². The van der Waals surface area contributed by atoms with Crippen molar-refractivity contribution in [3.05, 3.63) is 52.3 Å². The molecule has 0 fully saturated rings. The number of hydrogen-bond acceptors (Lipinski definition) is 5. The molecule has 0 bridgehead atoms. The van der Waals surface area contributed by atoms with E-state index in [9.17, 15) is 14.4 Å². The molecule has 0 unspecified atom stereocenters. The van der Waals surface area contributed by atoms with E-state index in [-0.39, 0.29) is 12.5 Å². The average molecular weight is 400 g/mol. The van der Waals surface area contributed by atoms with E-state index in [1.807, 2.05) is 38.1 Å². The van der Waals surface area contributed by atoms with E-state index >= 15 is 0 Å². The molecule has 8 heteroatoms. The van der Waals surface area contributed by atoms with Gasteiger partial charge in [0.15, 0.2) is 6.61 Å². The zero-order chi connectivity index (χ0) is 21.4. The van der Waals surface area contributed by atoms with Gasteiger partial charge in [0.1, 0.15) is 5.56 Å². The Morgan fingerprint density at radius 1 is 1.03 bits per heavy atom. The van der Waals surface area contributed by atoms with Crippen LogP contribution in [0.15, 0.2) is 24.3 Å². The normalized spacial score (nSPS) is 10.5. The summed E-state index contributed by atoms with van der Waals surface area (Å²) in [6.45, 7) is 7.96. The highest BCUT2D eigenvalue weighted by atomic mass is 16.5. The van der Waals surface area contributed by atoms with Crippen molar-refractivity contribution >= 4 is 17.8 Å². The topological polar surface area (TPSA) is 102 Å². The molecule has 1 aromatic carbocycles. The van der Waals surface area contributed by atoms with E-state index in [2.05, 4.69) is 15.7 Å². The zero-order valence-electron chi connectivity index (χ0n) is 17.4. The fourth-order valence-electron chi connectivity index (χ4n) is 2.77. The van der Waals surface area contributed by atoms with Gasteiger partial charge in [-0.15, -0.1) is 0 Å². The summed E-state index contributed by atoms with van der Waals surface area (Å²) in [5.41, 5.74) is 3.81. The molecule has 2 amide bonds. The smallest absolute Gasteiger partial charge is 0.342 e. The number of aromatic nitrogens is 2. The number of nitrogens with zero attached hydrogens (tertiary/aromatic N) is 2. The quantitative estimate of drug-likeness (QED) is 0.623. The number of ether oxygens (including phenoxy) is 1. The number of carbonyl (C=O) groups excluding carboxylic acids is 3. The maximum Gasteiger partial charge on any atom is 0.342 e. The summed E-state index contributed by atoms with van der Waals surface area (Å²) >= 11 is 0. The van der Waals surface area contributed by atoms with E-state index in [1.165, 1.54) is 5.56 Å². The van der Waals surface area contributed by atoms with Crippen LogP contribution >= 0.6 is 0 Å². The number of benzene rings is 1. The van der Waals surface area contributed by atoms with Crippen molar-refractivity contribution in [1.82, 2.24) is 20.4 Å². The molecule has 2 rings (SSSR count). The largest absolute Gasteiger partial charge is 0.452 e. The number of nitrogens with one attached hydrogen (secondary N) is 2. The second kappa shape index (κ2) is 10.4. The summed E-state index contributed by atoms with van der Waals surface area (Å²) in [5.74, 6) is -1.43. The standard InChI is InChI=1S/C21H28N4O4/c1-5-10-22-18(26)11-23-19(27)13-29-21(28)20-15(3)24-25(16(20)4)12-17-8-6-14(2)7-9-17/h6-9H,5,10-13H2,1-4H3,(H,22,26)(H,23,27). The summed E-state index contributed by atoms with van der Waals surface area (Å²) in [4.78, 5) is 35.7. The molecular formula is C21H28N4O4. The third-order valence-corrected chi connectivity index (χ3v) is 4.39. The third-order valence-electron chi connectivity index (χ3n) is 4.39. The molecule has 29 heavy (non-hydrogen) atoms. The number of rotatable bonds is 9. The Morgan fingerprint density at radius 2 is 1.72 bits per heavy atom. The maximum atomic E-state index is 12.4. The Labute approximate surface area is 170 Å². The van der Waals surface area contributed by atoms with Crippen LogP contribution in [0, 0.1) is 20.8 Å². The molecule has 0 aliphatic rings. The number of hydrogen-bond donors (Lipinski definition) is 2. The van der Waals surface area contributed by atoms with Crippen LogP contribution in [0.4, 0.5) is 0 Å². The van der Waals surface area contributed by atoms with Crippen LogP contribution in [0.1, 0.15) is 46.2 Å². The molecule has 2 N–H and O–H groups in total. The van der Waals surface area contributed by atoms with Gasteiger partial charge < -0.3 is 15.4 Å². The lowest BCUT2D eigenvalue weighted by molar-refractivity contribution is -0.127. The lowest BCUT2D eigenvalue weighted by atomic mass is 10.1. The number of aryl methyl sites for hydroxylation is 2. The predicted molar refractivity (Wildman–Crippen MR) is 109 cm³/mol. The first-order valence-corrected chi connectivity index (χ1v) is 9.61. The fraction of sp³-hybridized carbons (Fsp3) is 0.429. The van der Waals surface area contributed by atoms with Crippen molar-refractivity contribution in [3.8, 4) is 0 Å². The van der Waals surface area contributed by atoms with Crippen molar-refractivity contribution < 1.29 is 19.1 Å². The van der Waals surface area contributed by atoms with Gasteiger partial charge in [-0.25, -0.2) is 4.79 Å². The molecule has 0 radical (unpaired) electrons. The summed E-state index contributed by atoms with van der Waals surface area (Å²) in [6, 6.07) is 8.09. The SMILES string of the molecule is CCCNC(=O)CNC(=O)COC(=O)c1c(C)nn(Cc2ccc(C)cc2)c1C. The van der Waals surface area contributed by atoms with E-state index in [0.717, 1.165) is 12.0 Å². The van der Waals surface area contributed by atoms with Crippen molar-refractivity contribution in [1.29, 1.82) is 0 Å². The van der Waals surface area contributed by atoms with Crippen LogP contribution in [-0.2, 0) is 20.9 Å². The fourth-order valence-corrected chi connectivity index (χ4v) is 2.77. The minimum Gasteiger partial charge on any atom is -0.452 e. The Kier molecular flexibility index (Phi) is 7.94. The van der Waals surface area contributed by atoms with Crippen molar-refractivity contribution in [2.75, 3.05) is 19.7 Å². The van der Waals surface area contributed by atoms with Gasteiger partial charge in [-0.2, -0.15) is 5.10 Å². The van der Waals surface area contributed by atoms with Crippen molar-refractivity contribution in [3.63, 3.8) is 0 Å². The van der Waals surface area contributed by atoms with Gasteiger partial charge in [-0.1, -0.05) is 36.8 Å². The number of amides is 2. The van der Waals surface area contributed by atoms with Gasteiger partial charge in [-0.05, 0) is 32.8 Å². The first-order valence-electron chi connectivity index (χ1n) is 9.61. The van der Waals surface area contributed by atoms with Crippen molar-refractivity contribution in [2.45, 2.75) is 40.7 Å². The van der Waals surface area contributed by atoms with Gasteiger partial charge in [0.05, 0.1) is 24.5 Å². The van der Waals surface area contributed by atoms with Gasteiger partial charge in [0.2, 0.25) is 5.91 Å². The lowest BCUT2D eigenvalue weighted by Gasteiger charge is -2.08. The summed E-state index contributed by atoms with van der Waals surface area (Å²) in [7, 11) is 0. The minimum atomic E-state index is -0.610. The molecule has 0 atom stereocenters. The second-order valence-electron chi connectivity index (χ2n) is 6.89. The highest BCUT2D eigenvalue weighted by Gasteiger charge is 2.21. The average Bonchev–Trinajstić information content (AvgIpc) is 2.97. The monoisotopic (exact) mass is 400 g/mol. The second-order valence-corrected chi connectivity index (χ2v) is 6.89. The molecule has 8 nitrogen and oxygen atoms in total. The first kappa shape index (κ1) is 22.1. The molecule has 2 aromatic rings. The van der Waals surface area contributed by atoms with Crippen molar-refractivity contribution in [2.24, 2.45) is 0 Å². The number of esters is 1. The van der Waals surface area contributed by atoms with Gasteiger partial charge in [-0.3, -0.25) is 14.3 Å². The van der Waals surface area contributed by atoms with E-state index < -0.39 is 18.5 Å². The molecule has 0 aliphatic heterocycles. The Hall–Kier alpha value is -3.16. The summed E-state index contributed by atoms with van der Waals surface area (Å²) < 4.78 is 6.85.